The van der Waals surface area contributed by atoms with E-state index < -0.39 is 7.49 Å². The first kappa shape index (κ1) is 26.6. The van der Waals surface area contributed by atoms with Crippen LogP contribution in [-0.2, 0) is 4.52 Å². The number of benzene rings is 5. The molecule has 0 atom stereocenters. The highest BCUT2D eigenvalue weighted by atomic mass is 31.2. The van der Waals surface area contributed by atoms with E-state index in [2.05, 4.69) is 159 Å². The Bertz CT molecular complexity index is 1300. The molecule has 0 heterocycles. The van der Waals surface area contributed by atoms with E-state index in [0.29, 0.717) is 0 Å². The number of nitrogens with zero attached hydrogens (tertiary/aromatic N) is 1. The van der Waals surface area contributed by atoms with Gasteiger partial charge in [0.05, 0.1) is 5.92 Å². The monoisotopic (exact) mass is 528 g/mol. The second-order valence-electron chi connectivity index (χ2n) is 9.54. The average molecular weight is 529 g/mol. The molecule has 0 saturated heterocycles. The van der Waals surface area contributed by atoms with Gasteiger partial charge in [-0.05, 0) is 53.9 Å². The highest BCUT2D eigenvalue weighted by Crippen LogP contribution is 2.57. The van der Waals surface area contributed by atoms with Crippen LogP contribution < -0.4 is 15.9 Å². The molecule has 5 aromatic rings. The SMILES string of the molecule is CCCCN=C(O[P+](c1ccccc1)(c1ccccc1)c1ccccc1)C(c1ccccc1)c1ccccc1. The number of unbranched alkanes of at least 4 members (excludes halogenated alkanes) is 1. The van der Waals surface area contributed by atoms with Gasteiger partial charge in [-0.3, -0.25) is 4.99 Å². The molecule has 0 N–H and O–H groups in total. The van der Waals surface area contributed by atoms with Crippen LogP contribution in [0.1, 0.15) is 36.8 Å². The molecule has 5 rings (SSSR count). The highest BCUT2D eigenvalue weighted by molar-refractivity contribution is 7.92. The van der Waals surface area contributed by atoms with Gasteiger partial charge in [-0.25, -0.2) is 0 Å². The highest BCUT2D eigenvalue weighted by Gasteiger charge is 2.51. The van der Waals surface area contributed by atoms with Crippen molar-refractivity contribution >= 4 is 29.3 Å². The fourth-order valence-corrected chi connectivity index (χ4v) is 8.38. The summed E-state index contributed by atoms with van der Waals surface area (Å²) in [5.74, 6) is 0.644. The third-order valence-electron chi connectivity index (χ3n) is 6.88. The summed E-state index contributed by atoms with van der Waals surface area (Å²) >= 11 is 0. The summed E-state index contributed by atoms with van der Waals surface area (Å²) in [5.41, 5.74) is 2.34. The van der Waals surface area contributed by atoms with Crippen molar-refractivity contribution in [3.05, 3.63) is 163 Å². The normalized spacial score (nSPS) is 11.9. The van der Waals surface area contributed by atoms with Gasteiger partial charge in [-0.2, -0.15) is 0 Å². The van der Waals surface area contributed by atoms with Gasteiger partial charge in [0.1, 0.15) is 15.9 Å². The van der Waals surface area contributed by atoms with Crippen molar-refractivity contribution in [2.24, 2.45) is 4.99 Å². The van der Waals surface area contributed by atoms with Crippen molar-refractivity contribution in [2.75, 3.05) is 6.54 Å². The van der Waals surface area contributed by atoms with Crippen LogP contribution in [0.5, 0.6) is 0 Å². The summed E-state index contributed by atoms with van der Waals surface area (Å²) in [6.07, 6.45) is 2.09. The fourth-order valence-electron chi connectivity index (χ4n) is 4.95. The first-order valence-corrected chi connectivity index (χ1v) is 15.4. The van der Waals surface area contributed by atoms with Crippen molar-refractivity contribution < 1.29 is 4.52 Å². The zero-order valence-electron chi connectivity index (χ0n) is 22.4. The summed E-state index contributed by atoms with van der Waals surface area (Å²) < 4.78 is 7.58. The van der Waals surface area contributed by atoms with Crippen LogP contribution >= 0.6 is 7.49 Å². The molecule has 2 nitrogen and oxygen atoms in total. The largest absolute Gasteiger partial charge is 0.318 e. The van der Waals surface area contributed by atoms with Crippen molar-refractivity contribution in [2.45, 2.75) is 25.7 Å². The first-order chi connectivity index (χ1) is 19.3. The molecular formula is C36H35NOP+. The Hall–Kier alpha value is -4.00. The van der Waals surface area contributed by atoms with Crippen molar-refractivity contribution in [3.63, 3.8) is 0 Å². The Morgan fingerprint density at radius 1 is 0.564 bits per heavy atom. The molecule has 0 aliphatic rings. The van der Waals surface area contributed by atoms with Crippen LogP contribution in [0.4, 0.5) is 0 Å². The molecule has 39 heavy (non-hydrogen) atoms. The molecule has 0 fully saturated rings. The first-order valence-electron chi connectivity index (χ1n) is 13.7. The van der Waals surface area contributed by atoms with Gasteiger partial charge >= 0.3 is 0 Å². The van der Waals surface area contributed by atoms with E-state index in [1.54, 1.807) is 0 Å². The lowest BCUT2D eigenvalue weighted by Crippen LogP contribution is -2.36. The van der Waals surface area contributed by atoms with E-state index in [9.17, 15) is 0 Å². The quantitative estimate of drug-likeness (QED) is 0.0780. The molecule has 0 aromatic heterocycles. The molecule has 0 aliphatic heterocycles. The minimum atomic E-state index is -2.58. The van der Waals surface area contributed by atoms with E-state index in [1.807, 2.05) is 0 Å². The summed E-state index contributed by atoms with van der Waals surface area (Å²) in [7, 11) is -2.58. The van der Waals surface area contributed by atoms with Gasteiger partial charge in [0.2, 0.25) is 5.90 Å². The lowest BCUT2D eigenvalue weighted by Gasteiger charge is -2.29. The molecule has 0 bridgehead atoms. The third-order valence-corrected chi connectivity index (χ3v) is 10.4. The van der Waals surface area contributed by atoms with Crippen LogP contribution in [0.2, 0.25) is 0 Å². The Morgan fingerprint density at radius 3 is 1.28 bits per heavy atom. The van der Waals surface area contributed by atoms with Crippen LogP contribution in [0.15, 0.2) is 157 Å². The van der Waals surface area contributed by atoms with Gasteiger partial charge < -0.3 is 4.52 Å². The van der Waals surface area contributed by atoms with E-state index >= 15 is 0 Å². The molecule has 0 aliphatic carbocycles. The predicted molar refractivity (Wildman–Crippen MR) is 168 cm³/mol. The zero-order chi connectivity index (χ0) is 26.8. The standard InChI is InChI=1S/C36H35NOP/c1-2-3-29-37-36(35(30-19-9-4-10-20-30)31-21-11-5-12-22-31)38-39(32-23-13-6-14-24-32,33-25-15-7-16-26-33)34-27-17-8-18-28-34/h4-28,35H,2-3,29H2,1H3/q+1. The fraction of sp³-hybridized carbons (Fsp3) is 0.139. The maximum atomic E-state index is 7.58. The zero-order valence-corrected chi connectivity index (χ0v) is 23.3. The van der Waals surface area contributed by atoms with Gasteiger partial charge in [0.15, 0.2) is 0 Å². The van der Waals surface area contributed by atoms with Crippen LogP contribution in [0.25, 0.3) is 0 Å². The Labute approximate surface area is 233 Å². The Kier molecular flexibility index (Phi) is 8.99. The number of rotatable bonds is 10. The van der Waals surface area contributed by atoms with Crippen molar-refractivity contribution in [3.8, 4) is 0 Å². The summed E-state index contributed by atoms with van der Waals surface area (Å²) in [4.78, 5) is 5.25. The molecule has 0 saturated carbocycles. The Morgan fingerprint density at radius 2 is 0.923 bits per heavy atom. The number of hydrogen-bond acceptors (Lipinski definition) is 2. The summed E-state index contributed by atoms with van der Waals surface area (Å²) in [6.45, 7) is 2.93. The minimum absolute atomic E-state index is 0.125. The predicted octanol–water partition coefficient (Wildman–Crippen LogP) is 7.94. The van der Waals surface area contributed by atoms with E-state index in [4.69, 9.17) is 9.52 Å². The smallest absolute Gasteiger partial charge is 0.289 e. The van der Waals surface area contributed by atoms with Crippen molar-refractivity contribution in [1.29, 1.82) is 0 Å². The van der Waals surface area contributed by atoms with Crippen molar-refractivity contribution in [1.82, 2.24) is 0 Å². The molecule has 3 heteroatoms. The lowest BCUT2D eigenvalue weighted by molar-refractivity contribution is 0.578. The van der Waals surface area contributed by atoms with Gasteiger partial charge in [-0.15, -0.1) is 0 Å². The number of aliphatic imine (C=N–C) groups is 1. The minimum Gasteiger partial charge on any atom is -0.318 e. The van der Waals surface area contributed by atoms with Gasteiger partial charge in [0, 0.05) is 6.54 Å². The van der Waals surface area contributed by atoms with Gasteiger partial charge in [-0.1, -0.05) is 129 Å². The lowest BCUT2D eigenvalue weighted by atomic mass is 9.91. The van der Waals surface area contributed by atoms with Crippen LogP contribution in [-0.4, -0.2) is 12.4 Å². The second kappa shape index (κ2) is 13.2. The molecular weight excluding hydrogens is 493 g/mol. The maximum Gasteiger partial charge on any atom is 0.289 e. The van der Waals surface area contributed by atoms with E-state index in [1.165, 1.54) is 27.0 Å². The Balaban J connectivity index is 1.77. The molecule has 194 valence electrons. The molecule has 5 aromatic carbocycles. The molecule has 0 spiro atoms. The van der Waals surface area contributed by atoms with Crippen LogP contribution in [0, 0.1) is 0 Å². The number of hydrogen-bond donors (Lipinski definition) is 0. The summed E-state index contributed by atoms with van der Waals surface area (Å²) in [5, 5.41) is 3.52. The second-order valence-corrected chi connectivity index (χ2v) is 12.5. The molecule has 0 unspecified atom stereocenters. The van der Waals surface area contributed by atoms with Crippen LogP contribution in [0.3, 0.4) is 0 Å². The van der Waals surface area contributed by atoms with Gasteiger partial charge in [0.25, 0.3) is 7.49 Å². The maximum absolute atomic E-state index is 7.58. The average Bonchev–Trinajstić information content (AvgIpc) is 3.02. The topological polar surface area (TPSA) is 21.6 Å². The molecule has 0 amide bonds. The summed E-state index contributed by atoms with van der Waals surface area (Å²) in [6, 6.07) is 53.4. The van der Waals surface area contributed by atoms with E-state index in [-0.39, 0.29) is 5.92 Å². The third kappa shape index (κ3) is 6.03. The van der Waals surface area contributed by atoms with E-state index in [0.717, 1.165) is 25.3 Å². The molecule has 0 radical (unpaired) electrons.